The first kappa shape index (κ1) is 104. The lowest BCUT2D eigenvalue weighted by Gasteiger charge is -2.42. The maximum Gasteiger partial charge on any atom is 0.222 e. The Hall–Kier alpha value is -5.26. The van der Waals surface area contributed by atoms with Gasteiger partial charge in [-0.15, -0.1) is 0 Å². The molecule has 16 atom stereocenters. The Morgan fingerprint density at radius 1 is 0.348 bits per heavy atom. The second-order valence-corrected chi connectivity index (χ2v) is 30.7. The molecule has 666 valence electrons. The van der Waals surface area contributed by atoms with Gasteiger partial charge >= 0.3 is 0 Å². The fourth-order valence-corrected chi connectivity index (χ4v) is 13.2. The van der Waals surface area contributed by atoms with Crippen LogP contribution in [-0.2, 0) is 95.3 Å². The van der Waals surface area contributed by atoms with Crippen LogP contribution in [-0.4, -0.2) is 308 Å². The van der Waals surface area contributed by atoms with Gasteiger partial charge in [-0.2, -0.15) is 0 Å². The number of carbonyl (C=O) groups excluding carboxylic acids is 10. The van der Waals surface area contributed by atoms with Crippen molar-refractivity contribution in [1.82, 2.24) is 31.9 Å². The second kappa shape index (κ2) is 62.0. The van der Waals surface area contributed by atoms with Crippen LogP contribution >= 0.6 is 0 Å². The highest BCUT2D eigenvalue weighted by atomic mass is 16.7. The summed E-state index contributed by atoms with van der Waals surface area (Å²) in [5.41, 5.74) is -1.42. The quantitative estimate of drug-likeness (QED) is 0.0383. The maximum absolute atomic E-state index is 14.0. The minimum absolute atomic E-state index is 0.0320. The molecule has 0 spiro atoms. The van der Waals surface area contributed by atoms with E-state index in [-0.39, 0.29) is 177 Å². The number of carbonyl (C=O) groups is 10. The summed E-state index contributed by atoms with van der Waals surface area (Å²) in [5.74, 6) is -2.69. The Balaban J connectivity index is 1.55. The minimum atomic E-state index is -1.45. The van der Waals surface area contributed by atoms with Crippen molar-refractivity contribution in [3.8, 4) is 0 Å². The first-order valence-corrected chi connectivity index (χ1v) is 41.9. The third-order valence-corrected chi connectivity index (χ3v) is 20.1. The number of Topliss-reactive ketones (excluding diaryl/α,β-unsaturated/α-hetero) is 4. The summed E-state index contributed by atoms with van der Waals surface area (Å²) in [7, 11) is 0. The maximum atomic E-state index is 14.0. The Morgan fingerprint density at radius 2 is 0.670 bits per heavy atom. The molecule has 3 fully saturated rings. The molecule has 0 radical (unpaired) electrons. The number of rotatable bonds is 69. The number of aliphatic hydroxyl groups excluding tert-OH is 9. The molecule has 3 heterocycles. The fourth-order valence-electron chi connectivity index (χ4n) is 13.2. The highest BCUT2D eigenvalue weighted by Gasteiger charge is 2.47. The van der Waals surface area contributed by atoms with Crippen molar-refractivity contribution in [2.75, 3.05) is 106 Å². The first-order valence-electron chi connectivity index (χ1n) is 41.9. The normalized spacial score (nSPS) is 24.0. The van der Waals surface area contributed by atoms with Gasteiger partial charge in [0.1, 0.15) is 89.6 Å². The molecule has 0 aromatic rings. The average molecular weight is 1650 g/mol. The zero-order valence-electron chi connectivity index (χ0n) is 68.9. The zero-order chi connectivity index (χ0) is 84.8. The van der Waals surface area contributed by atoms with E-state index in [1.54, 1.807) is 6.92 Å². The molecule has 3 saturated heterocycles. The van der Waals surface area contributed by atoms with Gasteiger partial charge in [-0.1, -0.05) is 45.4 Å². The molecule has 3 aliphatic heterocycles. The molecule has 115 heavy (non-hydrogen) atoms. The van der Waals surface area contributed by atoms with E-state index in [1.807, 2.05) is 13.8 Å². The topological polar surface area (TPSA) is 517 Å². The lowest BCUT2D eigenvalue weighted by atomic mass is 9.92. The van der Waals surface area contributed by atoms with E-state index in [1.165, 1.54) is 13.8 Å². The summed E-state index contributed by atoms with van der Waals surface area (Å²) in [6.07, 6.45) is 0.429. The molecule has 35 nitrogen and oxygen atoms in total. The minimum Gasteiger partial charge on any atom is -0.394 e. The summed E-state index contributed by atoms with van der Waals surface area (Å²) in [4.78, 5) is 128. The molecule has 7 unspecified atom stereocenters. The predicted octanol–water partition coefficient (Wildman–Crippen LogP) is 1.44. The van der Waals surface area contributed by atoms with Crippen LogP contribution in [0.3, 0.4) is 0 Å². The van der Waals surface area contributed by atoms with Crippen molar-refractivity contribution in [2.45, 2.75) is 338 Å². The van der Waals surface area contributed by atoms with Crippen LogP contribution in [0, 0.1) is 5.92 Å². The van der Waals surface area contributed by atoms with Gasteiger partial charge in [0.2, 0.25) is 35.4 Å². The van der Waals surface area contributed by atoms with Gasteiger partial charge < -0.3 is 125 Å². The van der Waals surface area contributed by atoms with E-state index < -0.39 is 135 Å². The van der Waals surface area contributed by atoms with Crippen molar-refractivity contribution in [1.29, 1.82) is 0 Å². The molecule has 0 aromatic carbocycles. The van der Waals surface area contributed by atoms with Crippen molar-refractivity contribution < 1.29 is 141 Å². The molecule has 0 bridgehead atoms. The van der Waals surface area contributed by atoms with Crippen molar-refractivity contribution in [2.24, 2.45) is 5.92 Å². The van der Waals surface area contributed by atoms with Gasteiger partial charge in [0.15, 0.2) is 18.9 Å². The second-order valence-electron chi connectivity index (χ2n) is 30.7. The molecular formula is C80H142N6O29. The van der Waals surface area contributed by atoms with E-state index in [9.17, 15) is 93.9 Å². The van der Waals surface area contributed by atoms with Crippen molar-refractivity contribution in [3.05, 3.63) is 0 Å². The summed E-state index contributed by atoms with van der Waals surface area (Å²) in [6.45, 7) is 7.88. The fraction of sp³-hybridized carbons (Fsp3) is 0.875. The van der Waals surface area contributed by atoms with Crippen molar-refractivity contribution >= 4 is 58.6 Å². The summed E-state index contributed by atoms with van der Waals surface area (Å²) in [5, 5.41) is 107. The van der Waals surface area contributed by atoms with Gasteiger partial charge in [0.25, 0.3) is 0 Å². The molecule has 0 saturated carbocycles. The molecule has 3 aliphatic rings. The molecule has 15 N–H and O–H groups in total. The third-order valence-electron chi connectivity index (χ3n) is 20.1. The lowest BCUT2D eigenvalue weighted by molar-refractivity contribution is -0.282. The Bertz CT molecular complexity index is 2740. The Morgan fingerprint density at radius 3 is 1.10 bits per heavy atom. The standard InChI is InChI=1S/C80H142N6O29/c1-54(2)109-41-20-9-7-19-38-81-66(97)33-24-34-68(99)86-80(52-107-46-36-61(95)30-16-11-14-28-59(93)31-17-22-43-110-77-55(3)71(100)72(101)62(48-87)113-77,53-108-47-37-67(98)83-40-25-39-82-65(96)32-18-23-44-112-79-70(85-57(5)91)76(105)74(103)64(50-89)115-79)51-106-45-35-60(94)29-15-10-13-27-58(92)26-12-6-8-21-42-111-78-69(84-56(4)90)75(104)73(102)63(49-88)114-78/h54-55,62-64,69-79,87-89,100-105H,6-53H2,1-5H3,(H,81,97)(H,82,96)(H,83,98)(H,84,90)(H,85,91)(H,86,99)/t55?,62?,63?,64?,69?,70?,71-,72+,73+,74+,75-,76-,77-,78-,79-,80?/m1/s1. The summed E-state index contributed by atoms with van der Waals surface area (Å²) >= 11 is 0. The largest absolute Gasteiger partial charge is 0.394 e. The number of hydrogen-bond acceptors (Lipinski definition) is 29. The number of nitrogens with one attached hydrogen (secondary N) is 6. The monoisotopic (exact) mass is 1650 g/mol. The Labute approximate surface area is 678 Å². The average Bonchev–Trinajstić information content (AvgIpc) is 0.860. The molecular weight excluding hydrogens is 1510 g/mol. The van der Waals surface area contributed by atoms with Gasteiger partial charge in [-0.05, 0) is 104 Å². The van der Waals surface area contributed by atoms with Crippen molar-refractivity contribution in [3.63, 3.8) is 0 Å². The predicted molar refractivity (Wildman–Crippen MR) is 417 cm³/mol. The number of ketones is 4. The van der Waals surface area contributed by atoms with E-state index in [2.05, 4.69) is 31.9 Å². The number of unbranched alkanes of at least 4 members (excludes halogenated alkanes) is 12. The molecule has 6 amide bonds. The highest BCUT2D eigenvalue weighted by molar-refractivity contribution is 5.81. The number of aliphatic hydroxyl groups is 9. The van der Waals surface area contributed by atoms with Crippen LogP contribution in [0.1, 0.15) is 240 Å². The summed E-state index contributed by atoms with van der Waals surface area (Å²) in [6, 6.07) is -2.12. The SMILES string of the molecule is CC(=O)NC1[C@H](OCCCCCCC(=O)CCCCCC(=O)CCOCC(COCCC(=O)CCCCCC(=O)CCCCO[C@@H]2OC(CO)[C@H](O)[C@H](O)C2C)(COCCC(=O)NCCCNC(=O)CCCCO[C@@H]2OC(CO)[C@H](O)[C@H](O)C2NC(C)=O)NC(=O)CCCC(=O)NCCCCCCOC(C)C)OC(CO)[C@H](O)[C@@H]1O. The van der Waals surface area contributed by atoms with Crippen LogP contribution in [0.2, 0.25) is 0 Å². The number of amides is 6. The molecule has 0 aliphatic carbocycles. The number of hydrogen-bond donors (Lipinski definition) is 15. The van der Waals surface area contributed by atoms with Crippen LogP contribution in [0.5, 0.6) is 0 Å². The van der Waals surface area contributed by atoms with Gasteiger partial charge in [0.05, 0.1) is 71.7 Å². The molecule has 0 aromatic heterocycles. The third kappa shape index (κ3) is 45.7. The van der Waals surface area contributed by atoms with E-state index in [0.717, 1.165) is 38.5 Å². The Kier molecular flexibility index (Phi) is 56.0. The van der Waals surface area contributed by atoms with Crippen LogP contribution in [0.25, 0.3) is 0 Å². The first-order chi connectivity index (χ1) is 55.1. The lowest BCUT2D eigenvalue weighted by Crippen LogP contribution is -2.64. The summed E-state index contributed by atoms with van der Waals surface area (Å²) < 4.78 is 58.1. The van der Waals surface area contributed by atoms with Gasteiger partial charge in [-0.3, -0.25) is 47.9 Å². The van der Waals surface area contributed by atoms with E-state index in [0.29, 0.717) is 122 Å². The van der Waals surface area contributed by atoms with Crippen LogP contribution in [0.4, 0.5) is 0 Å². The van der Waals surface area contributed by atoms with Crippen LogP contribution < -0.4 is 31.9 Å². The van der Waals surface area contributed by atoms with E-state index >= 15 is 0 Å². The molecule has 35 heteroatoms. The smallest absolute Gasteiger partial charge is 0.222 e. The number of ether oxygens (including phenoxy) is 10. The van der Waals surface area contributed by atoms with E-state index in [4.69, 9.17) is 47.4 Å². The highest BCUT2D eigenvalue weighted by Crippen LogP contribution is 2.28. The van der Waals surface area contributed by atoms with Gasteiger partial charge in [0, 0.05) is 143 Å². The molecule has 3 rings (SSSR count). The van der Waals surface area contributed by atoms with Crippen LogP contribution in [0.15, 0.2) is 0 Å². The van der Waals surface area contributed by atoms with Gasteiger partial charge in [-0.25, -0.2) is 0 Å². The zero-order valence-corrected chi connectivity index (χ0v) is 68.9.